The number of nitrogens with one attached hydrogen (secondary N) is 1. The van der Waals surface area contributed by atoms with Gasteiger partial charge in [-0.05, 0) is 37.1 Å². The first-order valence-corrected chi connectivity index (χ1v) is 8.33. The minimum absolute atomic E-state index is 0.359. The van der Waals surface area contributed by atoms with Gasteiger partial charge < -0.3 is 15.3 Å². The molecule has 1 saturated carbocycles. The van der Waals surface area contributed by atoms with Gasteiger partial charge in [-0.2, -0.15) is 0 Å². The van der Waals surface area contributed by atoms with Crippen molar-refractivity contribution in [2.45, 2.75) is 31.2 Å². The standard InChI is InChI=1S/C19H21N3O3/c1-22(15-7-3-2-4-8-15)16-10-9-14(13-20-16)17(23)21-19(18(24)25)11-5-6-12-19/h2-4,7-10,13H,5-6,11-12H2,1H3,(H,21,23)(H,24,25). The van der Waals surface area contributed by atoms with Crippen LogP contribution >= 0.6 is 0 Å². The Balaban J connectivity index is 1.74. The van der Waals surface area contributed by atoms with E-state index in [-0.39, 0.29) is 0 Å². The highest BCUT2D eigenvalue weighted by atomic mass is 16.4. The number of aliphatic carboxylic acids is 1. The normalized spacial score (nSPS) is 15.6. The van der Waals surface area contributed by atoms with Crippen LogP contribution in [0.2, 0.25) is 0 Å². The first kappa shape index (κ1) is 17.0. The van der Waals surface area contributed by atoms with Crippen LogP contribution in [0.25, 0.3) is 0 Å². The maximum absolute atomic E-state index is 12.4. The molecule has 1 aliphatic carbocycles. The first-order valence-electron chi connectivity index (χ1n) is 8.33. The van der Waals surface area contributed by atoms with Gasteiger partial charge in [-0.25, -0.2) is 9.78 Å². The summed E-state index contributed by atoms with van der Waals surface area (Å²) in [4.78, 5) is 30.2. The van der Waals surface area contributed by atoms with Crippen LogP contribution in [0.3, 0.4) is 0 Å². The number of carboxylic acid groups (broad SMARTS) is 1. The minimum atomic E-state index is -1.14. The molecule has 6 heteroatoms. The molecule has 0 aliphatic heterocycles. The summed E-state index contributed by atoms with van der Waals surface area (Å²) in [6.45, 7) is 0. The Morgan fingerprint density at radius 1 is 1.12 bits per heavy atom. The van der Waals surface area contributed by atoms with Crippen LogP contribution in [-0.2, 0) is 4.79 Å². The summed E-state index contributed by atoms with van der Waals surface area (Å²) in [5, 5.41) is 12.2. The fourth-order valence-electron chi connectivity index (χ4n) is 3.16. The molecule has 0 bridgehead atoms. The Hall–Kier alpha value is -2.89. The Kier molecular flexibility index (Phi) is 4.70. The third kappa shape index (κ3) is 3.47. The van der Waals surface area contributed by atoms with Crippen molar-refractivity contribution >= 4 is 23.4 Å². The van der Waals surface area contributed by atoms with Crippen LogP contribution in [0.15, 0.2) is 48.7 Å². The summed E-state index contributed by atoms with van der Waals surface area (Å²) in [7, 11) is 1.90. The smallest absolute Gasteiger partial charge is 0.329 e. The summed E-state index contributed by atoms with van der Waals surface area (Å²) in [5.74, 6) is -0.658. The molecule has 0 unspecified atom stereocenters. The Bertz CT molecular complexity index is 753. The van der Waals surface area contributed by atoms with Gasteiger partial charge >= 0.3 is 5.97 Å². The van der Waals surface area contributed by atoms with E-state index in [0.717, 1.165) is 18.5 Å². The number of para-hydroxylation sites is 1. The molecule has 6 nitrogen and oxygen atoms in total. The predicted molar refractivity (Wildman–Crippen MR) is 95.0 cm³/mol. The second-order valence-corrected chi connectivity index (χ2v) is 6.35. The van der Waals surface area contributed by atoms with Gasteiger partial charge in [0.05, 0.1) is 5.56 Å². The number of hydrogen-bond donors (Lipinski definition) is 2. The van der Waals surface area contributed by atoms with E-state index in [2.05, 4.69) is 10.3 Å². The number of pyridine rings is 1. The van der Waals surface area contributed by atoms with Gasteiger partial charge in [-0.15, -0.1) is 0 Å². The van der Waals surface area contributed by atoms with Crippen LogP contribution in [-0.4, -0.2) is 34.6 Å². The highest BCUT2D eigenvalue weighted by molar-refractivity contribution is 5.97. The molecular weight excluding hydrogens is 318 g/mol. The maximum atomic E-state index is 12.4. The molecule has 1 aliphatic rings. The number of aromatic nitrogens is 1. The molecule has 1 heterocycles. The van der Waals surface area contributed by atoms with E-state index in [1.165, 1.54) is 6.20 Å². The van der Waals surface area contributed by atoms with Gasteiger partial charge in [-0.1, -0.05) is 31.0 Å². The lowest BCUT2D eigenvalue weighted by Gasteiger charge is -2.25. The zero-order valence-electron chi connectivity index (χ0n) is 14.1. The van der Waals surface area contributed by atoms with Crippen LogP contribution in [0.5, 0.6) is 0 Å². The van der Waals surface area contributed by atoms with Crippen molar-refractivity contribution in [3.63, 3.8) is 0 Å². The van der Waals surface area contributed by atoms with E-state index in [0.29, 0.717) is 24.2 Å². The van der Waals surface area contributed by atoms with Gasteiger partial charge in [0.15, 0.2) is 0 Å². The van der Waals surface area contributed by atoms with E-state index in [9.17, 15) is 14.7 Å². The number of amides is 1. The maximum Gasteiger partial charge on any atom is 0.329 e. The van der Waals surface area contributed by atoms with Crippen molar-refractivity contribution in [2.75, 3.05) is 11.9 Å². The average molecular weight is 339 g/mol. The lowest BCUT2D eigenvalue weighted by molar-refractivity contribution is -0.144. The fourth-order valence-corrected chi connectivity index (χ4v) is 3.16. The zero-order chi connectivity index (χ0) is 17.9. The highest BCUT2D eigenvalue weighted by Gasteiger charge is 2.42. The van der Waals surface area contributed by atoms with Gasteiger partial charge in [0.25, 0.3) is 5.91 Å². The number of nitrogens with zero attached hydrogens (tertiary/aromatic N) is 2. The van der Waals surface area contributed by atoms with Crippen molar-refractivity contribution in [3.05, 3.63) is 54.2 Å². The Labute approximate surface area is 146 Å². The van der Waals surface area contributed by atoms with E-state index in [1.807, 2.05) is 42.3 Å². The molecule has 25 heavy (non-hydrogen) atoms. The fraction of sp³-hybridized carbons (Fsp3) is 0.316. The molecule has 0 radical (unpaired) electrons. The quantitative estimate of drug-likeness (QED) is 0.875. The topological polar surface area (TPSA) is 82.5 Å². The predicted octanol–water partition coefficient (Wildman–Crippen LogP) is 2.98. The third-order valence-corrected chi connectivity index (χ3v) is 4.72. The number of carboxylic acids is 1. The van der Waals surface area contributed by atoms with Crippen LogP contribution in [0.1, 0.15) is 36.0 Å². The number of hydrogen-bond acceptors (Lipinski definition) is 4. The Morgan fingerprint density at radius 2 is 1.80 bits per heavy atom. The molecule has 1 aromatic heterocycles. The summed E-state index contributed by atoms with van der Waals surface area (Å²) in [6.07, 6.45) is 4.04. The highest BCUT2D eigenvalue weighted by Crippen LogP contribution is 2.30. The molecule has 0 saturated heterocycles. The number of carbonyl (C=O) groups excluding carboxylic acids is 1. The number of benzene rings is 1. The number of rotatable bonds is 5. The molecule has 2 N–H and O–H groups in total. The van der Waals surface area contributed by atoms with Crippen LogP contribution in [0.4, 0.5) is 11.5 Å². The summed E-state index contributed by atoms with van der Waals surface area (Å²) in [5.41, 5.74) is 0.206. The second-order valence-electron chi connectivity index (χ2n) is 6.35. The van der Waals surface area contributed by atoms with E-state index in [4.69, 9.17) is 0 Å². The summed E-state index contributed by atoms with van der Waals surface area (Å²) < 4.78 is 0. The molecule has 0 atom stereocenters. The molecule has 1 fully saturated rings. The molecular formula is C19H21N3O3. The molecule has 1 aromatic carbocycles. The van der Waals surface area contributed by atoms with Gasteiger partial charge in [0.1, 0.15) is 11.4 Å². The molecule has 130 valence electrons. The number of carbonyl (C=O) groups is 2. The van der Waals surface area contributed by atoms with Crippen molar-refractivity contribution in [1.29, 1.82) is 0 Å². The van der Waals surface area contributed by atoms with E-state index >= 15 is 0 Å². The van der Waals surface area contributed by atoms with Crippen molar-refractivity contribution in [1.82, 2.24) is 10.3 Å². The minimum Gasteiger partial charge on any atom is -0.480 e. The molecule has 1 amide bonds. The van der Waals surface area contributed by atoms with Gasteiger partial charge in [0, 0.05) is 18.9 Å². The van der Waals surface area contributed by atoms with Crippen molar-refractivity contribution in [3.8, 4) is 0 Å². The largest absolute Gasteiger partial charge is 0.480 e. The second kappa shape index (κ2) is 6.93. The zero-order valence-corrected chi connectivity index (χ0v) is 14.1. The van der Waals surface area contributed by atoms with Crippen LogP contribution in [0, 0.1) is 0 Å². The summed E-state index contributed by atoms with van der Waals surface area (Å²) in [6, 6.07) is 13.2. The Morgan fingerprint density at radius 3 is 2.36 bits per heavy atom. The van der Waals surface area contributed by atoms with Gasteiger partial charge in [0.2, 0.25) is 0 Å². The SMILES string of the molecule is CN(c1ccccc1)c1ccc(C(=O)NC2(C(=O)O)CCCC2)cn1. The van der Waals surface area contributed by atoms with Crippen molar-refractivity contribution in [2.24, 2.45) is 0 Å². The number of anilines is 2. The molecule has 3 rings (SSSR count). The lowest BCUT2D eigenvalue weighted by Crippen LogP contribution is -2.52. The van der Waals surface area contributed by atoms with Gasteiger partial charge in [-0.3, -0.25) is 4.79 Å². The van der Waals surface area contributed by atoms with E-state index in [1.54, 1.807) is 12.1 Å². The first-order chi connectivity index (χ1) is 12.0. The molecule has 0 spiro atoms. The summed E-state index contributed by atoms with van der Waals surface area (Å²) >= 11 is 0. The van der Waals surface area contributed by atoms with Crippen molar-refractivity contribution < 1.29 is 14.7 Å². The van der Waals surface area contributed by atoms with Crippen LogP contribution < -0.4 is 10.2 Å². The third-order valence-electron chi connectivity index (χ3n) is 4.72. The average Bonchev–Trinajstić information content (AvgIpc) is 3.12. The molecule has 2 aromatic rings. The monoisotopic (exact) mass is 339 g/mol. The van der Waals surface area contributed by atoms with E-state index < -0.39 is 17.4 Å². The lowest BCUT2D eigenvalue weighted by atomic mass is 9.97.